The van der Waals surface area contributed by atoms with Crippen LogP contribution in [0.3, 0.4) is 0 Å². The molecule has 0 aromatic heterocycles. The van der Waals surface area contributed by atoms with Crippen LogP contribution in [0.25, 0.3) is 0 Å². The monoisotopic (exact) mass is 302 g/mol. The molecule has 0 spiro atoms. The van der Waals surface area contributed by atoms with Crippen molar-refractivity contribution >= 4 is 21.7 Å². The summed E-state index contributed by atoms with van der Waals surface area (Å²) in [6, 6.07) is 18.3. The van der Waals surface area contributed by atoms with Gasteiger partial charge in [0.15, 0.2) is 0 Å². The van der Waals surface area contributed by atoms with E-state index in [1.807, 2.05) is 30.3 Å². The lowest BCUT2D eigenvalue weighted by atomic mass is 9.87. The van der Waals surface area contributed by atoms with Gasteiger partial charge in [0.25, 0.3) is 0 Å². The van der Waals surface area contributed by atoms with Gasteiger partial charge in [-0.15, -0.1) is 0 Å². The zero-order chi connectivity index (χ0) is 13.0. The Bertz CT molecular complexity index is 534. The SMILES string of the molecule is CC(=O)CC(c1ccccc1)c1cccc(Br)c1. The summed E-state index contributed by atoms with van der Waals surface area (Å²) in [7, 11) is 0. The zero-order valence-electron chi connectivity index (χ0n) is 10.3. The largest absolute Gasteiger partial charge is 0.300 e. The second kappa shape index (κ2) is 5.96. The third-order valence-electron chi connectivity index (χ3n) is 2.94. The van der Waals surface area contributed by atoms with Crippen LogP contribution in [0.1, 0.15) is 30.4 Å². The first-order valence-electron chi connectivity index (χ1n) is 5.96. The molecule has 0 saturated heterocycles. The summed E-state index contributed by atoms with van der Waals surface area (Å²) < 4.78 is 1.05. The van der Waals surface area contributed by atoms with Crippen molar-refractivity contribution in [2.24, 2.45) is 0 Å². The number of hydrogen-bond donors (Lipinski definition) is 0. The first kappa shape index (κ1) is 13.0. The second-order valence-electron chi connectivity index (χ2n) is 4.42. The Morgan fingerprint density at radius 3 is 2.33 bits per heavy atom. The summed E-state index contributed by atoms with van der Waals surface area (Å²) in [5.41, 5.74) is 2.36. The van der Waals surface area contributed by atoms with Crippen molar-refractivity contribution in [3.8, 4) is 0 Å². The van der Waals surface area contributed by atoms with Crippen LogP contribution < -0.4 is 0 Å². The first-order valence-corrected chi connectivity index (χ1v) is 6.76. The van der Waals surface area contributed by atoms with Gasteiger partial charge in [-0.2, -0.15) is 0 Å². The lowest BCUT2D eigenvalue weighted by Gasteiger charge is -2.17. The van der Waals surface area contributed by atoms with E-state index in [0.29, 0.717) is 6.42 Å². The fourth-order valence-corrected chi connectivity index (χ4v) is 2.54. The number of carbonyl (C=O) groups excluding carboxylic acids is 1. The Labute approximate surface area is 116 Å². The standard InChI is InChI=1S/C16H15BrO/c1-12(18)10-16(13-6-3-2-4-7-13)14-8-5-9-15(17)11-14/h2-9,11,16H,10H2,1H3. The summed E-state index contributed by atoms with van der Waals surface area (Å²) >= 11 is 3.48. The Kier molecular flexibility index (Phi) is 4.32. The Balaban J connectivity index is 2.40. The molecule has 0 aliphatic heterocycles. The summed E-state index contributed by atoms with van der Waals surface area (Å²) in [5.74, 6) is 0.352. The average Bonchev–Trinajstić information content (AvgIpc) is 2.37. The highest BCUT2D eigenvalue weighted by Gasteiger charge is 2.16. The number of benzene rings is 2. The van der Waals surface area contributed by atoms with Gasteiger partial charge in [-0.25, -0.2) is 0 Å². The minimum Gasteiger partial charge on any atom is -0.300 e. The highest BCUT2D eigenvalue weighted by molar-refractivity contribution is 9.10. The molecular formula is C16H15BrO. The molecule has 0 fully saturated rings. The normalized spacial score (nSPS) is 12.1. The second-order valence-corrected chi connectivity index (χ2v) is 5.34. The van der Waals surface area contributed by atoms with Gasteiger partial charge in [0.1, 0.15) is 5.78 Å². The molecule has 0 radical (unpaired) electrons. The van der Waals surface area contributed by atoms with Crippen molar-refractivity contribution in [3.63, 3.8) is 0 Å². The van der Waals surface area contributed by atoms with Crippen molar-refractivity contribution in [3.05, 3.63) is 70.2 Å². The molecule has 2 rings (SSSR count). The van der Waals surface area contributed by atoms with E-state index in [4.69, 9.17) is 0 Å². The highest BCUT2D eigenvalue weighted by Crippen LogP contribution is 2.29. The van der Waals surface area contributed by atoms with Gasteiger partial charge in [-0.3, -0.25) is 4.79 Å². The summed E-state index contributed by atoms with van der Waals surface area (Å²) in [4.78, 5) is 11.5. The van der Waals surface area contributed by atoms with Gasteiger partial charge in [-0.1, -0.05) is 58.4 Å². The summed E-state index contributed by atoms with van der Waals surface area (Å²) in [6.07, 6.45) is 0.542. The van der Waals surface area contributed by atoms with Crippen LogP contribution in [0.4, 0.5) is 0 Å². The molecule has 1 atom stereocenters. The number of Topliss-reactive ketones (excluding diaryl/α,β-unsaturated/α-hetero) is 1. The molecule has 18 heavy (non-hydrogen) atoms. The van der Waals surface area contributed by atoms with Crippen molar-refractivity contribution in [1.82, 2.24) is 0 Å². The Hall–Kier alpha value is -1.41. The minimum atomic E-state index is 0.140. The molecule has 92 valence electrons. The van der Waals surface area contributed by atoms with Crippen molar-refractivity contribution in [2.75, 3.05) is 0 Å². The van der Waals surface area contributed by atoms with E-state index in [-0.39, 0.29) is 11.7 Å². The van der Waals surface area contributed by atoms with Crippen LogP contribution in [-0.4, -0.2) is 5.78 Å². The maximum atomic E-state index is 11.5. The maximum absolute atomic E-state index is 11.5. The Morgan fingerprint density at radius 2 is 1.72 bits per heavy atom. The molecule has 0 amide bonds. The van der Waals surface area contributed by atoms with Gasteiger partial charge in [-0.05, 0) is 30.2 Å². The fraction of sp³-hybridized carbons (Fsp3) is 0.188. The van der Waals surface area contributed by atoms with Gasteiger partial charge in [0, 0.05) is 16.8 Å². The zero-order valence-corrected chi connectivity index (χ0v) is 11.9. The van der Waals surface area contributed by atoms with Crippen LogP contribution in [0, 0.1) is 0 Å². The molecule has 0 bridgehead atoms. The van der Waals surface area contributed by atoms with Crippen LogP contribution in [0.2, 0.25) is 0 Å². The molecular weight excluding hydrogens is 288 g/mol. The summed E-state index contributed by atoms with van der Waals surface area (Å²) in [6.45, 7) is 1.65. The molecule has 2 aromatic rings. The number of carbonyl (C=O) groups is 1. The molecule has 1 unspecified atom stereocenters. The number of rotatable bonds is 4. The van der Waals surface area contributed by atoms with E-state index >= 15 is 0 Å². The van der Waals surface area contributed by atoms with Gasteiger partial charge >= 0.3 is 0 Å². The molecule has 1 nitrogen and oxygen atoms in total. The van der Waals surface area contributed by atoms with E-state index in [1.54, 1.807) is 6.92 Å². The predicted molar refractivity (Wildman–Crippen MR) is 77.7 cm³/mol. The van der Waals surface area contributed by atoms with Crippen molar-refractivity contribution in [2.45, 2.75) is 19.3 Å². The smallest absolute Gasteiger partial charge is 0.130 e. The van der Waals surface area contributed by atoms with Gasteiger partial charge in [0.2, 0.25) is 0 Å². The van der Waals surface area contributed by atoms with E-state index in [1.165, 1.54) is 11.1 Å². The maximum Gasteiger partial charge on any atom is 0.130 e. The Morgan fingerprint density at radius 1 is 1.06 bits per heavy atom. The lowest BCUT2D eigenvalue weighted by molar-refractivity contribution is -0.117. The molecule has 0 aliphatic carbocycles. The fourth-order valence-electron chi connectivity index (χ4n) is 2.12. The summed E-state index contributed by atoms with van der Waals surface area (Å²) in [5, 5.41) is 0. The van der Waals surface area contributed by atoms with E-state index in [0.717, 1.165) is 4.47 Å². The molecule has 0 saturated carbocycles. The first-order chi connectivity index (χ1) is 8.66. The molecule has 2 aromatic carbocycles. The number of hydrogen-bond acceptors (Lipinski definition) is 1. The van der Waals surface area contributed by atoms with Gasteiger partial charge < -0.3 is 0 Å². The van der Waals surface area contributed by atoms with Gasteiger partial charge in [0.05, 0.1) is 0 Å². The van der Waals surface area contributed by atoms with E-state index in [2.05, 4.69) is 40.2 Å². The predicted octanol–water partition coefficient (Wildman–Crippen LogP) is 4.56. The number of ketones is 1. The molecule has 2 heteroatoms. The third kappa shape index (κ3) is 3.30. The lowest BCUT2D eigenvalue weighted by Crippen LogP contribution is -2.06. The topological polar surface area (TPSA) is 17.1 Å². The van der Waals surface area contributed by atoms with Crippen molar-refractivity contribution < 1.29 is 4.79 Å². The van der Waals surface area contributed by atoms with Crippen molar-refractivity contribution in [1.29, 1.82) is 0 Å². The molecule has 0 N–H and O–H groups in total. The van der Waals surface area contributed by atoms with E-state index < -0.39 is 0 Å². The minimum absolute atomic E-state index is 0.140. The van der Waals surface area contributed by atoms with Crippen LogP contribution in [0.5, 0.6) is 0 Å². The quantitative estimate of drug-likeness (QED) is 0.809. The average molecular weight is 303 g/mol. The van der Waals surface area contributed by atoms with Crippen LogP contribution in [-0.2, 0) is 4.79 Å². The number of halogens is 1. The van der Waals surface area contributed by atoms with E-state index in [9.17, 15) is 4.79 Å². The highest BCUT2D eigenvalue weighted by atomic mass is 79.9. The van der Waals surface area contributed by atoms with Crippen LogP contribution >= 0.6 is 15.9 Å². The molecule has 0 aliphatic rings. The molecule has 0 heterocycles. The van der Waals surface area contributed by atoms with Crippen LogP contribution in [0.15, 0.2) is 59.1 Å². The third-order valence-corrected chi connectivity index (χ3v) is 3.44.